The monoisotopic (exact) mass is 470 g/mol. The van der Waals surface area contributed by atoms with Gasteiger partial charge in [0.25, 0.3) is 5.91 Å². The Hall–Kier alpha value is -3.04. The molecule has 1 aliphatic heterocycles. The summed E-state index contributed by atoms with van der Waals surface area (Å²) >= 11 is 0. The van der Waals surface area contributed by atoms with Gasteiger partial charge in [0.2, 0.25) is 10.0 Å². The van der Waals surface area contributed by atoms with Gasteiger partial charge in [0.05, 0.1) is 17.8 Å². The summed E-state index contributed by atoms with van der Waals surface area (Å²) in [5.41, 5.74) is 2.24. The largest absolute Gasteiger partial charge is 0.348 e. The van der Waals surface area contributed by atoms with E-state index in [2.05, 4.69) is 10.3 Å². The molecule has 174 valence electrons. The predicted molar refractivity (Wildman–Crippen MR) is 123 cm³/mol. The zero-order valence-electron chi connectivity index (χ0n) is 18.5. The number of piperidine rings is 1. The Labute approximate surface area is 193 Å². The molecule has 0 unspecified atom stereocenters. The first-order valence-corrected chi connectivity index (χ1v) is 12.4. The van der Waals surface area contributed by atoms with Crippen LogP contribution < -0.4 is 5.32 Å². The van der Waals surface area contributed by atoms with Crippen LogP contribution >= 0.6 is 0 Å². The number of hydrogen-bond donors (Lipinski definition) is 1. The van der Waals surface area contributed by atoms with E-state index in [1.54, 1.807) is 54.5 Å². The Balaban J connectivity index is 1.48. The second-order valence-corrected chi connectivity index (χ2v) is 10.2. The van der Waals surface area contributed by atoms with E-state index in [9.17, 15) is 17.6 Å². The number of benzene rings is 2. The number of carbonyl (C=O) groups is 1. The fraction of sp³-hybridized carbons (Fsp3) is 0.333. The number of hydrogen-bond acceptors (Lipinski definition) is 4. The van der Waals surface area contributed by atoms with E-state index < -0.39 is 10.0 Å². The number of carbonyl (C=O) groups excluding carboxylic acids is 1. The number of sulfonamides is 1. The highest BCUT2D eigenvalue weighted by molar-refractivity contribution is 7.89. The van der Waals surface area contributed by atoms with Gasteiger partial charge in [-0.2, -0.15) is 4.31 Å². The number of nitrogens with one attached hydrogen (secondary N) is 1. The Morgan fingerprint density at radius 3 is 2.64 bits per heavy atom. The molecule has 0 bridgehead atoms. The Morgan fingerprint density at radius 1 is 1.12 bits per heavy atom. The molecule has 4 rings (SSSR count). The van der Waals surface area contributed by atoms with E-state index in [0.29, 0.717) is 36.3 Å². The Kier molecular flexibility index (Phi) is 6.90. The lowest BCUT2D eigenvalue weighted by Crippen LogP contribution is -2.35. The summed E-state index contributed by atoms with van der Waals surface area (Å²) < 4.78 is 43.5. The maximum Gasteiger partial charge on any atom is 0.251 e. The minimum Gasteiger partial charge on any atom is -0.348 e. The second-order valence-electron chi connectivity index (χ2n) is 8.28. The minimum absolute atomic E-state index is 0.129. The summed E-state index contributed by atoms with van der Waals surface area (Å²) in [6, 6.07) is 9.37. The number of amides is 1. The molecule has 1 N–H and O–H groups in total. The SMILES string of the molecule is Cc1ccc(S(=O)(=O)N2CCCCC2)cc1C(=O)NCc1ccc(F)c(Cn2ccnc2)c1. The first-order valence-electron chi connectivity index (χ1n) is 11.0. The minimum atomic E-state index is -3.63. The third-order valence-corrected chi connectivity index (χ3v) is 7.78. The fourth-order valence-electron chi connectivity index (χ4n) is 3.97. The molecule has 0 atom stereocenters. The maximum atomic E-state index is 14.2. The van der Waals surface area contributed by atoms with Crippen molar-refractivity contribution in [3.8, 4) is 0 Å². The highest BCUT2D eigenvalue weighted by atomic mass is 32.2. The molecular formula is C24H27FN4O3S. The lowest BCUT2D eigenvalue weighted by atomic mass is 10.1. The standard InChI is InChI=1S/C24H27FN4O3S/c1-18-5-7-21(33(31,32)29-10-3-2-4-11-29)14-22(18)24(30)27-15-19-6-8-23(25)20(13-19)16-28-12-9-26-17-28/h5-9,12-14,17H,2-4,10-11,15-16H2,1H3,(H,27,30). The van der Waals surface area contributed by atoms with Crippen LogP contribution in [0, 0.1) is 12.7 Å². The summed E-state index contributed by atoms with van der Waals surface area (Å²) in [5.74, 6) is -0.700. The molecule has 1 amide bonds. The molecule has 0 aliphatic carbocycles. The van der Waals surface area contributed by atoms with Crippen molar-refractivity contribution in [3.05, 3.63) is 83.2 Å². The van der Waals surface area contributed by atoms with Crippen molar-refractivity contribution < 1.29 is 17.6 Å². The number of imidazole rings is 1. The molecule has 0 radical (unpaired) electrons. The summed E-state index contributed by atoms with van der Waals surface area (Å²) in [5, 5.41) is 2.83. The van der Waals surface area contributed by atoms with Gasteiger partial charge >= 0.3 is 0 Å². The van der Waals surface area contributed by atoms with E-state index in [4.69, 9.17) is 0 Å². The molecule has 3 aromatic rings. The molecular weight excluding hydrogens is 443 g/mol. The van der Waals surface area contributed by atoms with Crippen LogP contribution in [0.2, 0.25) is 0 Å². The van der Waals surface area contributed by atoms with Crippen molar-refractivity contribution in [2.75, 3.05) is 13.1 Å². The van der Waals surface area contributed by atoms with Crippen LogP contribution in [0.5, 0.6) is 0 Å². The van der Waals surface area contributed by atoms with E-state index >= 15 is 0 Å². The highest BCUT2D eigenvalue weighted by Crippen LogP contribution is 2.23. The second kappa shape index (κ2) is 9.84. The highest BCUT2D eigenvalue weighted by Gasteiger charge is 2.27. The van der Waals surface area contributed by atoms with Gasteiger partial charge < -0.3 is 9.88 Å². The molecule has 7 nitrogen and oxygen atoms in total. The fourth-order valence-corrected chi connectivity index (χ4v) is 5.52. The lowest BCUT2D eigenvalue weighted by molar-refractivity contribution is 0.0950. The zero-order valence-corrected chi connectivity index (χ0v) is 19.3. The molecule has 33 heavy (non-hydrogen) atoms. The van der Waals surface area contributed by atoms with Gasteiger partial charge in [-0.1, -0.05) is 18.6 Å². The summed E-state index contributed by atoms with van der Waals surface area (Å²) in [7, 11) is -3.63. The van der Waals surface area contributed by atoms with Crippen molar-refractivity contribution in [1.82, 2.24) is 19.2 Å². The first kappa shape index (κ1) is 23.1. The van der Waals surface area contributed by atoms with Crippen molar-refractivity contribution in [3.63, 3.8) is 0 Å². The maximum absolute atomic E-state index is 14.2. The van der Waals surface area contributed by atoms with Gasteiger partial charge in [-0.25, -0.2) is 17.8 Å². The molecule has 0 spiro atoms. The van der Waals surface area contributed by atoms with Crippen LogP contribution in [0.15, 0.2) is 60.0 Å². The molecule has 0 saturated carbocycles. The van der Waals surface area contributed by atoms with Gasteiger partial charge in [0.15, 0.2) is 0 Å². The average Bonchev–Trinajstić information content (AvgIpc) is 3.33. The normalized spacial score (nSPS) is 14.8. The van der Waals surface area contributed by atoms with Crippen molar-refractivity contribution in [1.29, 1.82) is 0 Å². The van der Waals surface area contributed by atoms with Crippen LogP contribution in [0.1, 0.15) is 46.3 Å². The third-order valence-electron chi connectivity index (χ3n) is 5.88. The van der Waals surface area contributed by atoms with Gasteiger partial charge in [-0.05, 0) is 55.2 Å². The zero-order chi connectivity index (χ0) is 23.4. The molecule has 1 saturated heterocycles. The third kappa shape index (κ3) is 5.31. The number of halogens is 1. The molecule has 9 heteroatoms. The quantitative estimate of drug-likeness (QED) is 0.573. The molecule has 1 fully saturated rings. The van der Waals surface area contributed by atoms with Gasteiger partial charge in [-0.3, -0.25) is 4.79 Å². The topological polar surface area (TPSA) is 84.3 Å². The lowest BCUT2D eigenvalue weighted by Gasteiger charge is -2.26. The average molecular weight is 471 g/mol. The van der Waals surface area contributed by atoms with Gasteiger partial charge in [0.1, 0.15) is 5.82 Å². The smallest absolute Gasteiger partial charge is 0.251 e. The summed E-state index contributed by atoms with van der Waals surface area (Å²) in [6.45, 7) is 3.31. The van der Waals surface area contributed by atoms with Crippen LogP contribution in [0.3, 0.4) is 0 Å². The molecule has 1 aliphatic rings. The van der Waals surface area contributed by atoms with E-state index in [1.807, 2.05) is 0 Å². The van der Waals surface area contributed by atoms with E-state index in [-0.39, 0.29) is 23.2 Å². The number of aryl methyl sites for hydroxylation is 1. The van der Waals surface area contributed by atoms with E-state index in [1.165, 1.54) is 16.4 Å². The predicted octanol–water partition coefficient (Wildman–Crippen LogP) is 3.48. The van der Waals surface area contributed by atoms with Crippen molar-refractivity contribution in [2.45, 2.75) is 44.2 Å². The van der Waals surface area contributed by atoms with Crippen LogP contribution in [0.25, 0.3) is 0 Å². The Bertz CT molecular complexity index is 1240. The van der Waals surface area contributed by atoms with Crippen LogP contribution in [-0.4, -0.2) is 41.3 Å². The van der Waals surface area contributed by atoms with Gasteiger partial charge in [-0.15, -0.1) is 0 Å². The number of nitrogens with zero attached hydrogens (tertiary/aromatic N) is 3. The van der Waals surface area contributed by atoms with Crippen molar-refractivity contribution in [2.24, 2.45) is 0 Å². The molecule has 2 aromatic carbocycles. The van der Waals surface area contributed by atoms with Crippen molar-refractivity contribution >= 4 is 15.9 Å². The van der Waals surface area contributed by atoms with Crippen LogP contribution in [0.4, 0.5) is 4.39 Å². The molecule has 2 heterocycles. The number of aromatic nitrogens is 2. The summed E-state index contributed by atoms with van der Waals surface area (Å²) in [6.07, 6.45) is 7.71. The molecule has 1 aromatic heterocycles. The van der Waals surface area contributed by atoms with Gasteiger partial charge in [0, 0.05) is 43.2 Å². The first-order chi connectivity index (χ1) is 15.8. The van der Waals surface area contributed by atoms with Crippen LogP contribution in [-0.2, 0) is 23.1 Å². The number of rotatable bonds is 7. The summed E-state index contributed by atoms with van der Waals surface area (Å²) in [4.78, 5) is 17.0. The Morgan fingerprint density at radius 2 is 1.91 bits per heavy atom. The van der Waals surface area contributed by atoms with E-state index in [0.717, 1.165) is 24.8 Å².